The zero-order chi connectivity index (χ0) is 19.0. The highest BCUT2D eigenvalue weighted by Crippen LogP contribution is 2.21. The number of amides is 2. The minimum atomic E-state index is 0.0235. The second-order valence-electron chi connectivity index (χ2n) is 7.18. The normalized spacial score (nSPS) is 15.2. The van der Waals surface area contributed by atoms with E-state index in [-0.39, 0.29) is 11.8 Å². The van der Waals surface area contributed by atoms with Crippen LogP contribution in [0.4, 0.5) is 0 Å². The number of fused-ring (bicyclic) bond motifs is 1. The predicted octanol–water partition coefficient (Wildman–Crippen LogP) is 3.10. The fourth-order valence-electron chi connectivity index (χ4n) is 3.86. The van der Waals surface area contributed by atoms with Crippen LogP contribution in [0.1, 0.15) is 38.5 Å². The number of H-pyrrole nitrogens is 2. The second-order valence-corrected chi connectivity index (χ2v) is 7.18. The molecule has 4 rings (SSSR count). The van der Waals surface area contributed by atoms with E-state index in [4.69, 9.17) is 0 Å². The molecule has 140 valence electrons. The van der Waals surface area contributed by atoms with E-state index in [1.54, 1.807) is 6.20 Å². The number of nitrogens with one attached hydrogen (secondary N) is 2. The van der Waals surface area contributed by atoms with Crippen molar-refractivity contribution in [1.29, 1.82) is 0 Å². The first-order valence-electron chi connectivity index (χ1n) is 9.35. The SMILES string of the molecule is Cc1cc(C(=O)N2CCCN(C(=O)c3c[nH]c4ccccc34)CC2)c(C)[nH]1. The van der Waals surface area contributed by atoms with Gasteiger partial charge < -0.3 is 19.8 Å². The van der Waals surface area contributed by atoms with E-state index in [9.17, 15) is 9.59 Å². The average molecular weight is 364 g/mol. The summed E-state index contributed by atoms with van der Waals surface area (Å²) in [5, 5.41) is 0.943. The molecule has 1 aromatic carbocycles. The molecule has 1 saturated heterocycles. The van der Waals surface area contributed by atoms with Crippen LogP contribution < -0.4 is 0 Å². The van der Waals surface area contributed by atoms with Crippen LogP contribution in [0, 0.1) is 13.8 Å². The third kappa shape index (κ3) is 3.23. The van der Waals surface area contributed by atoms with E-state index >= 15 is 0 Å². The molecule has 2 amide bonds. The summed E-state index contributed by atoms with van der Waals surface area (Å²) >= 11 is 0. The first kappa shape index (κ1) is 17.4. The van der Waals surface area contributed by atoms with Crippen molar-refractivity contribution in [2.45, 2.75) is 20.3 Å². The van der Waals surface area contributed by atoms with Gasteiger partial charge in [0.25, 0.3) is 11.8 Å². The van der Waals surface area contributed by atoms with Crippen molar-refractivity contribution in [3.05, 3.63) is 59.0 Å². The van der Waals surface area contributed by atoms with Gasteiger partial charge in [0, 0.05) is 54.7 Å². The number of para-hydroxylation sites is 1. The third-order valence-electron chi connectivity index (χ3n) is 5.27. The summed E-state index contributed by atoms with van der Waals surface area (Å²) in [5.41, 5.74) is 4.27. The molecule has 2 aromatic heterocycles. The maximum absolute atomic E-state index is 13.0. The lowest BCUT2D eigenvalue weighted by atomic mass is 10.1. The topological polar surface area (TPSA) is 72.2 Å². The number of nitrogens with zero attached hydrogens (tertiary/aromatic N) is 2. The van der Waals surface area contributed by atoms with Gasteiger partial charge in [0.1, 0.15) is 0 Å². The Balaban J connectivity index is 1.49. The molecule has 6 heteroatoms. The van der Waals surface area contributed by atoms with Crippen molar-refractivity contribution in [2.24, 2.45) is 0 Å². The van der Waals surface area contributed by atoms with E-state index in [0.717, 1.165) is 34.3 Å². The molecule has 0 atom stereocenters. The van der Waals surface area contributed by atoms with Crippen molar-refractivity contribution in [2.75, 3.05) is 26.2 Å². The van der Waals surface area contributed by atoms with E-state index in [2.05, 4.69) is 9.97 Å². The van der Waals surface area contributed by atoms with Crippen LogP contribution in [0.25, 0.3) is 10.9 Å². The highest BCUT2D eigenvalue weighted by Gasteiger charge is 2.25. The van der Waals surface area contributed by atoms with Crippen LogP contribution in [0.5, 0.6) is 0 Å². The van der Waals surface area contributed by atoms with E-state index < -0.39 is 0 Å². The Kier molecular flexibility index (Phi) is 4.48. The summed E-state index contributed by atoms with van der Waals surface area (Å²) in [4.78, 5) is 36.0. The second kappa shape index (κ2) is 6.95. The van der Waals surface area contributed by atoms with Gasteiger partial charge in [-0.15, -0.1) is 0 Å². The molecule has 2 N–H and O–H groups in total. The smallest absolute Gasteiger partial charge is 0.256 e. The molecule has 0 unspecified atom stereocenters. The highest BCUT2D eigenvalue weighted by atomic mass is 16.2. The number of carbonyl (C=O) groups is 2. The minimum Gasteiger partial charge on any atom is -0.362 e. The van der Waals surface area contributed by atoms with E-state index in [1.807, 2.05) is 54.0 Å². The minimum absolute atomic E-state index is 0.0235. The number of aromatic amines is 2. The molecule has 0 aliphatic carbocycles. The third-order valence-corrected chi connectivity index (χ3v) is 5.27. The Hall–Kier alpha value is -3.02. The van der Waals surface area contributed by atoms with Gasteiger partial charge in [0.15, 0.2) is 0 Å². The van der Waals surface area contributed by atoms with E-state index in [0.29, 0.717) is 31.7 Å². The molecule has 1 fully saturated rings. The zero-order valence-corrected chi connectivity index (χ0v) is 15.7. The Morgan fingerprint density at radius 3 is 2.26 bits per heavy atom. The van der Waals surface area contributed by atoms with Crippen LogP contribution in [0.15, 0.2) is 36.5 Å². The average Bonchev–Trinajstić information content (AvgIpc) is 3.14. The zero-order valence-electron chi connectivity index (χ0n) is 15.7. The van der Waals surface area contributed by atoms with Gasteiger partial charge in [-0.05, 0) is 32.4 Å². The van der Waals surface area contributed by atoms with Gasteiger partial charge in [-0.25, -0.2) is 0 Å². The molecule has 27 heavy (non-hydrogen) atoms. The number of carbonyl (C=O) groups excluding carboxylic acids is 2. The Labute approximate surface area is 158 Å². The predicted molar refractivity (Wildman–Crippen MR) is 105 cm³/mol. The summed E-state index contributed by atoms with van der Waals surface area (Å²) in [6.45, 7) is 6.30. The van der Waals surface area contributed by atoms with Crippen LogP contribution in [-0.2, 0) is 0 Å². The number of rotatable bonds is 2. The summed E-state index contributed by atoms with van der Waals surface area (Å²) in [7, 11) is 0. The number of hydrogen-bond acceptors (Lipinski definition) is 2. The molecule has 1 aliphatic heterocycles. The highest BCUT2D eigenvalue weighted by molar-refractivity contribution is 6.06. The van der Waals surface area contributed by atoms with Crippen molar-refractivity contribution in [3.63, 3.8) is 0 Å². The van der Waals surface area contributed by atoms with Crippen molar-refractivity contribution in [1.82, 2.24) is 19.8 Å². The van der Waals surface area contributed by atoms with Crippen molar-refractivity contribution in [3.8, 4) is 0 Å². The van der Waals surface area contributed by atoms with Gasteiger partial charge >= 0.3 is 0 Å². The molecule has 0 bridgehead atoms. The summed E-state index contributed by atoms with van der Waals surface area (Å²) in [6.07, 6.45) is 2.56. The van der Waals surface area contributed by atoms with Gasteiger partial charge in [-0.2, -0.15) is 0 Å². The number of aromatic nitrogens is 2. The first-order valence-corrected chi connectivity index (χ1v) is 9.35. The Bertz CT molecular complexity index is 1000. The van der Waals surface area contributed by atoms with Gasteiger partial charge in [-0.1, -0.05) is 18.2 Å². The molecular weight excluding hydrogens is 340 g/mol. The molecule has 3 aromatic rings. The largest absolute Gasteiger partial charge is 0.362 e. The quantitative estimate of drug-likeness (QED) is 0.733. The molecule has 3 heterocycles. The van der Waals surface area contributed by atoms with Crippen molar-refractivity contribution < 1.29 is 9.59 Å². The van der Waals surface area contributed by atoms with Crippen LogP contribution in [0.3, 0.4) is 0 Å². The van der Waals surface area contributed by atoms with Gasteiger partial charge in [-0.3, -0.25) is 9.59 Å². The summed E-state index contributed by atoms with van der Waals surface area (Å²) in [6, 6.07) is 9.72. The Morgan fingerprint density at radius 1 is 0.926 bits per heavy atom. The Morgan fingerprint density at radius 2 is 1.59 bits per heavy atom. The fraction of sp³-hybridized carbons (Fsp3) is 0.333. The van der Waals surface area contributed by atoms with Crippen LogP contribution in [0.2, 0.25) is 0 Å². The summed E-state index contributed by atoms with van der Waals surface area (Å²) < 4.78 is 0. The molecule has 0 saturated carbocycles. The molecule has 0 spiro atoms. The lowest BCUT2D eigenvalue weighted by Gasteiger charge is -2.22. The standard InChI is InChI=1S/C21H24N4O2/c1-14-12-17(15(2)23-14)20(26)24-8-5-9-25(11-10-24)21(27)18-13-22-19-7-4-3-6-16(18)19/h3-4,6-7,12-13,22-23H,5,8-11H2,1-2H3. The maximum atomic E-state index is 13.0. The lowest BCUT2D eigenvalue weighted by Crippen LogP contribution is -2.37. The van der Waals surface area contributed by atoms with Crippen LogP contribution in [-0.4, -0.2) is 57.8 Å². The lowest BCUT2D eigenvalue weighted by molar-refractivity contribution is 0.0719. The molecular formula is C21H24N4O2. The van der Waals surface area contributed by atoms with E-state index in [1.165, 1.54) is 0 Å². The van der Waals surface area contributed by atoms with Crippen molar-refractivity contribution >= 4 is 22.7 Å². The number of benzene rings is 1. The maximum Gasteiger partial charge on any atom is 0.256 e. The molecule has 1 aliphatic rings. The van der Waals surface area contributed by atoms with Gasteiger partial charge in [0.2, 0.25) is 0 Å². The number of hydrogen-bond donors (Lipinski definition) is 2. The summed E-state index contributed by atoms with van der Waals surface area (Å²) in [5.74, 6) is 0.0636. The monoisotopic (exact) mass is 364 g/mol. The number of aryl methyl sites for hydroxylation is 2. The molecule has 6 nitrogen and oxygen atoms in total. The van der Waals surface area contributed by atoms with Gasteiger partial charge in [0.05, 0.1) is 11.1 Å². The molecule has 0 radical (unpaired) electrons. The van der Waals surface area contributed by atoms with Crippen LogP contribution >= 0.6 is 0 Å². The first-order chi connectivity index (χ1) is 13.0. The fourth-order valence-corrected chi connectivity index (χ4v) is 3.86.